The summed E-state index contributed by atoms with van der Waals surface area (Å²) in [5, 5.41) is 9.73. The molecule has 0 saturated heterocycles. The summed E-state index contributed by atoms with van der Waals surface area (Å²) in [6.07, 6.45) is 1.61. The third-order valence-corrected chi connectivity index (χ3v) is 2.64. The van der Waals surface area contributed by atoms with Crippen molar-refractivity contribution in [3.8, 4) is 0 Å². The predicted octanol–water partition coefficient (Wildman–Crippen LogP) is 2.38. The van der Waals surface area contributed by atoms with Crippen molar-refractivity contribution in [2.45, 2.75) is 13.8 Å². The van der Waals surface area contributed by atoms with Crippen LogP contribution in [0.1, 0.15) is 33.2 Å². The summed E-state index contributed by atoms with van der Waals surface area (Å²) in [4.78, 5) is 25.1. The third kappa shape index (κ3) is 1.48. The van der Waals surface area contributed by atoms with Crippen LogP contribution in [0.5, 0.6) is 0 Å². The number of aromatic amines is 1. The molecular weight excluding hydrogens is 206 g/mol. The van der Waals surface area contributed by atoms with Crippen LogP contribution >= 0.6 is 0 Å². The van der Waals surface area contributed by atoms with Crippen LogP contribution in [-0.2, 0) is 0 Å². The zero-order chi connectivity index (χ0) is 11.9. The number of carbonyl (C=O) groups excluding carboxylic acids is 1. The lowest BCUT2D eigenvalue weighted by atomic mass is 10.0. The lowest BCUT2D eigenvalue weighted by Crippen LogP contribution is -1.99. The monoisotopic (exact) mass is 217 g/mol. The van der Waals surface area contributed by atoms with Crippen molar-refractivity contribution in [2.75, 3.05) is 0 Å². The fraction of sp³-hybridized carbons (Fsp3) is 0.167. The third-order valence-electron chi connectivity index (χ3n) is 2.64. The largest absolute Gasteiger partial charge is 0.478 e. The summed E-state index contributed by atoms with van der Waals surface area (Å²) in [6, 6.07) is 3.28. The molecule has 1 aromatic carbocycles. The smallest absolute Gasteiger partial charge is 0.336 e. The highest BCUT2D eigenvalue weighted by Gasteiger charge is 2.13. The summed E-state index contributed by atoms with van der Waals surface area (Å²) in [7, 11) is 0. The Hall–Kier alpha value is -2.10. The van der Waals surface area contributed by atoms with E-state index in [1.807, 2.05) is 0 Å². The van der Waals surface area contributed by atoms with E-state index in [0.717, 1.165) is 5.39 Å². The van der Waals surface area contributed by atoms with Gasteiger partial charge in [0.2, 0.25) is 0 Å². The number of fused-ring (bicyclic) bond motifs is 1. The van der Waals surface area contributed by atoms with Crippen molar-refractivity contribution < 1.29 is 14.7 Å². The molecule has 1 heterocycles. The molecule has 0 fully saturated rings. The Morgan fingerprint density at radius 3 is 2.50 bits per heavy atom. The fourth-order valence-corrected chi connectivity index (χ4v) is 1.80. The number of hydrogen-bond acceptors (Lipinski definition) is 2. The number of carbonyl (C=O) groups is 2. The number of aryl methyl sites for hydroxylation is 1. The van der Waals surface area contributed by atoms with Gasteiger partial charge in [0.15, 0.2) is 5.78 Å². The maximum absolute atomic E-state index is 11.3. The van der Waals surface area contributed by atoms with E-state index in [-0.39, 0.29) is 11.3 Å². The number of benzene rings is 1. The number of H-pyrrole nitrogens is 1. The highest BCUT2D eigenvalue weighted by molar-refractivity contribution is 6.08. The highest BCUT2D eigenvalue weighted by Crippen LogP contribution is 2.23. The van der Waals surface area contributed by atoms with Gasteiger partial charge in [0, 0.05) is 22.7 Å². The maximum Gasteiger partial charge on any atom is 0.336 e. The Balaban J connectivity index is 2.76. The molecule has 82 valence electrons. The molecule has 0 aliphatic heterocycles. The molecule has 1 aromatic heterocycles. The van der Waals surface area contributed by atoms with Gasteiger partial charge in [-0.05, 0) is 31.5 Å². The molecule has 2 aromatic rings. The Bertz CT molecular complexity index is 596. The molecule has 0 amide bonds. The van der Waals surface area contributed by atoms with Gasteiger partial charge in [0.05, 0.1) is 5.56 Å². The van der Waals surface area contributed by atoms with E-state index >= 15 is 0 Å². The Labute approximate surface area is 91.9 Å². The van der Waals surface area contributed by atoms with E-state index in [2.05, 4.69) is 4.98 Å². The Morgan fingerprint density at radius 2 is 1.94 bits per heavy atom. The van der Waals surface area contributed by atoms with E-state index in [1.165, 1.54) is 6.92 Å². The zero-order valence-corrected chi connectivity index (χ0v) is 9.00. The van der Waals surface area contributed by atoms with Gasteiger partial charge < -0.3 is 10.1 Å². The fourth-order valence-electron chi connectivity index (χ4n) is 1.80. The van der Waals surface area contributed by atoms with Gasteiger partial charge in [-0.15, -0.1) is 0 Å². The average Bonchev–Trinajstić information content (AvgIpc) is 2.58. The molecule has 0 atom stereocenters. The van der Waals surface area contributed by atoms with E-state index in [4.69, 9.17) is 5.11 Å². The number of nitrogens with one attached hydrogen (secondary N) is 1. The number of ketones is 1. The molecule has 0 aliphatic carbocycles. The molecule has 4 nitrogen and oxygen atoms in total. The molecule has 0 bridgehead atoms. The quantitative estimate of drug-likeness (QED) is 0.758. The van der Waals surface area contributed by atoms with Gasteiger partial charge in [-0.25, -0.2) is 4.79 Å². The molecule has 16 heavy (non-hydrogen) atoms. The first kappa shape index (κ1) is 10.4. The summed E-state index contributed by atoms with van der Waals surface area (Å²) >= 11 is 0. The standard InChI is InChI=1S/C12H11NO3/c1-6-3-9-10(7(2)14)5-13-11(9)4-8(6)12(15)16/h3-5,13H,1-2H3,(H,15,16). The first-order valence-corrected chi connectivity index (χ1v) is 4.86. The SMILES string of the molecule is CC(=O)c1c[nH]c2cc(C(=O)O)c(C)cc12. The van der Waals surface area contributed by atoms with Crippen molar-refractivity contribution in [3.05, 3.63) is 35.0 Å². The summed E-state index contributed by atoms with van der Waals surface area (Å²) in [5.41, 5.74) is 2.18. The van der Waals surface area contributed by atoms with Crippen LogP contribution in [0.25, 0.3) is 10.9 Å². The normalized spacial score (nSPS) is 10.6. The summed E-state index contributed by atoms with van der Waals surface area (Å²) in [6.45, 7) is 3.21. The minimum absolute atomic E-state index is 0.0336. The number of aromatic carboxylic acids is 1. The van der Waals surface area contributed by atoms with Crippen molar-refractivity contribution in [1.29, 1.82) is 0 Å². The van der Waals surface area contributed by atoms with Crippen molar-refractivity contribution in [1.82, 2.24) is 4.98 Å². The topological polar surface area (TPSA) is 70.2 Å². The van der Waals surface area contributed by atoms with Crippen LogP contribution in [-0.4, -0.2) is 21.8 Å². The van der Waals surface area contributed by atoms with E-state index < -0.39 is 5.97 Å². The number of carboxylic acid groups (broad SMARTS) is 1. The second-order valence-corrected chi connectivity index (χ2v) is 3.78. The van der Waals surface area contributed by atoms with Crippen LogP contribution in [0, 0.1) is 6.92 Å². The molecule has 0 aliphatic rings. The van der Waals surface area contributed by atoms with Gasteiger partial charge in [0.25, 0.3) is 0 Å². The number of carboxylic acids is 1. The number of Topliss-reactive ketones (excluding diaryl/α,β-unsaturated/α-hetero) is 1. The molecule has 0 spiro atoms. The summed E-state index contributed by atoms with van der Waals surface area (Å²) in [5.74, 6) is -0.993. The van der Waals surface area contributed by atoms with Gasteiger partial charge in [-0.1, -0.05) is 0 Å². The second kappa shape index (κ2) is 3.48. The molecule has 2 N–H and O–H groups in total. The van der Waals surface area contributed by atoms with Crippen LogP contribution in [0.15, 0.2) is 18.3 Å². The molecular formula is C12H11NO3. The van der Waals surface area contributed by atoms with Crippen LogP contribution in [0.2, 0.25) is 0 Å². The van der Waals surface area contributed by atoms with E-state index in [1.54, 1.807) is 25.3 Å². The molecule has 0 saturated carbocycles. The Kier molecular flexibility index (Phi) is 2.27. The second-order valence-electron chi connectivity index (χ2n) is 3.78. The average molecular weight is 217 g/mol. The van der Waals surface area contributed by atoms with E-state index in [9.17, 15) is 9.59 Å². The Morgan fingerprint density at radius 1 is 1.25 bits per heavy atom. The van der Waals surface area contributed by atoms with Crippen LogP contribution < -0.4 is 0 Å². The van der Waals surface area contributed by atoms with Gasteiger partial charge in [-0.3, -0.25) is 4.79 Å². The molecule has 2 rings (SSSR count). The summed E-state index contributed by atoms with van der Waals surface area (Å²) < 4.78 is 0. The zero-order valence-electron chi connectivity index (χ0n) is 9.00. The predicted molar refractivity (Wildman–Crippen MR) is 60.0 cm³/mol. The lowest BCUT2D eigenvalue weighted by molar-refractivity contribution is 0.0696. The van der Waals surface area contributed by atoms with Crippen LogP contribution in [0.4, 0.5) is 0 Å². The van der Waals surface area contributed by atoms with Crippen LogP contribution in [0.3, 0.4) is 0 Å². The van der Waals surface area contributed by atoms with Crippen molar-refractivity contribution in [2.24, 2.45) is 0 Å². The number of rotatable bonds is 2. The molecule has 0 unspecified atom stereocenters. The first-order chi connectivity index (χ1) is 7.50. The molecule has 4 heteroatoms. The van der Waals surface area contributed by atoms with E-state index in [0.29, 0.717) is 16.6 Å². The van der Waals surface area contributed by atoms with Gasteiger partial charge in [-0.2, -0.15) is 0 Å². The van der Waals surface area contributed by atoms with Crippen molar-refractivity contribution >= 4 is 22.7 Å². The lowest BCUT2D eigenvalue weighted by Gasteiger charge is -2.01. The first-order valence-electron chi connectivity index (χ1n) is 4.86. The number of hydrogen-bond donors (Lipinski definition) is 2. The highest BCUT2D eigenvalue weighted by atomic mass is 16.4. The molecule has 0 radical (unpaired) electrons. The minimum atomic E-state index is -0.960. The van der Waals surface area contributed by atoms with Gasteiger partial charge >= 0.3 is 5.97 Å². The maximum atomic E-state index is 11.3. The minimum Gasteiger partial charge on any atom is -0.478 e. The van der Waals surface area contributed by atoms with Crippen molar-refractivity contribution in [3.63, 3.8) is 0 Å². The van der Waals surface area contributed by atoms with Gasteiger partial charge in [0.1, 0.15) is 0 Å². The number of aromatic nitrogens is 1.